The predicted octanol–water partition coefficient (Wildman–Crippen LogP) is 2.60. The third-order valence-electron chi connectivity index (χ3n) is 7.34. The maximum Gasteiger partial charge on any atom is 0.307 e. The largest absolute Gasteiger partial charge is 0.494 e. The SMILES string of the molecule is CC(=O)SCC(=O)NCC(=O)NCC(=O)NCC(=O)NCCCCCCOc1ccc2c(c1)c(CC(=O)O)c(C)n2C(=O)c1ccc(Cl)cc1. The van der Waals surface area contributed by atoms with Crippen molar-refractivity contribution in [3.63, 3.8) is 0 Å². The lowest BCUT2D eigenvalue weighted by Crippen LogP contribution is -2.44. The average molecular weight is 730 g/mol. The molecule has 14 nitrogen and oxygen atoms in total. The number of carboxylic acid groups (broad SMARTS) is 1. The Morgan fingerprint density at radius 3 is 2.02 bits per heavy atom. The zero-order valence-corrected chi connectivity index (χ0v) is 29.3. The molecule has 0 spiro atoms. The fourth-order valence-electron chi connectivity index (χ4n) is 4.85. The number of carboxylic acids is 1. The highest BCUT2D eigenvalue weighted by atomic mass is 35.5. The number of fused-ring (bicyclic) bond motifs is 1. The van der Waals surface area contributed by atoms with Crippen LogP contribution in [0.4, 0.5) is 0 Å². The maximum absolute atomic E-state index is 13.4. The van der Waals surface area contributed by atoms with Crippen LogP contribution in [0.1, 0.15) is 54.2 Å². The molecule has 0 saturated carbocycles. The van der Waals surface area contributed by atoms with Crippen LogP contribution in [0.5, 0.6) is 5.75 Å². The number of carbonyl (C=O) groups is 7. The van der Waals surface area contributed by atoms with Gasteiger partial charge in [0.1, 0.15) is 5.75 Å². The van der Waals surface area contributed by atoms with Crippen molar-refractivity contribution >= 4 is 74.9 Å². The quantitative estimate of drug-likeness (QED) is 0.114. The fraction of sp³-hybridized carbons (Fsp3) is 0.382. The summed E-state index contributed by atoms with van der Waals surface area (Å²) in [5.41, 5.74) is 2.08. The van der Waals surface area contributed by atoms with Gasteiger partial charge in [0.15, 0.2) is 5.12 Å². The number of hydrogen-bond donors (Lipinski definition) is 5. The molecule has 4 amide bonds. The second-order valence-corrected chi connectivity index (χ2v) is 12.8. The summed E-state index contributed by atoms with van der Waals surface area (Å²) in [6.45, 7) is 2.94. The third kappa shape index (κ3) is 12.9. The van der Waals surface area contributed by atoms with Crippen molar-refractivity contribution in [1.82, 2.24) is 25.8 Å². The topological polar surface area (TPSA) is 202 Å². The van der Waals surface area contributed by atoms with Gasteiger partial charge in [-0.25, -0.2) is 0 Å². The number of hydrogen-bond acceptors (Lipinski definition) is 9. The minimum atomic E-state index is -1.01. The van der Waals surface area contributed by atoms with Crippen molar-refractivity contribution < 1.29 is 43.4 Å². The van der Waals surface area contributed by atoms with Crippen LogP contribution in [0.25, 0.3) is 10.9 Å². The van der Waals surface area contributed by atoms with Crippen molar-refractivity contribution in [1.29, 1.82) is 0 Å². The zero-order valence-electron chi connectivity index (χ0n) is 27.8. The number of unbranched alkanes of at least 4 members (excludes halogenated alkanes) is 3. The van der Waals surface area contributed by atoms with Crippen LogP contribution < -0.4 is 26.0 Å². The number of thioether (sulfide) groups is 1. The van der Waals surface area contributed by atoms with Crippen molar-refractivity contribution in [3.8, 4) is 5.75 Å². The number of halogens is 1. The van der Waals surface area contributed by atoms with E-state index in [0.717, 1.165) is 31.0 Å². The second-order valence-electron chi connectivity index (χ2n) is 11.2. The summed E-state index contributed by atoms with van der Waals surface area (Å²) >= 11 is 6.79. The Labute approximate surface area is 298 Å². The van der Waals surface area contributed by atoms with Crippen LogP contribution in [-0.2, 0) is 35.2 Å². The number of ether oxygens (including phenoxy) is 1. The summed E-state index contributed by atoms with van der Waals surface area (Å²) in [7, 11) is 0. The van der Waals surface area contributed by atoms with E-state index in [2.05, 4.69) is 21.3 Å². The van der Waals surface area contributed by atoms with E-state index in [0.29, 0.717) is 58.1 Å². The molecule has 3 rings (SSSR count). The highest BCUT2D eigenvalue weighted by Gasteiger charge is 2.22. The van der Waals surface area contributed by atoms with E-state index in [1.807, 2.05) is 0 Å². The van der Waals surface area contributed by atoms with Crippen LogP contribution in [0, 0.1) is 6.92 Å². The monoisotopic (exact) mass is 729 g/mol. The molecule has 0 aliphatic rings. The van der Waals surface area contributed by atoms with Gasteiger partial charge in [0.25, 0.3) is 5.91 Å². The summed E-state index contributed by atoms with van der Waals surface area (Å²) < 4.78 is 7.45. The standard InChI is InChI=1S/C34H40ClN5O9S/c1-21-26(16-33(46)47)27-15-25(11-12-28(27)40(21)34(48)23-7-9-24(35)10-8-23)49-14-6-4-3-5-13-36-29(42)17-37-30(43)18-38-31(44)19-39-32(45)20-50-22(2)41/h7-12,15H,3-6,13-14,16-20H2,1-2H3,(H,36,42)(H,37,43)(H,38,44)(H,39,45)(H,46,47). The van der Waals surface area contributed by atoms with Gasteiger partial charge in [-0.05, 0) is 67.8 Å². The minimum Gasteiger partial charge on any atom is -0.494 e. The number of aromatic nitrogens is 1. The molecule has 0 bridgehead atoms. The highest BCUT2D eigenvalue weighted by Crippen LogP contribution is 2.31. The van der Waals surface area contributed by atoms with Crippen LogP contribution in [0.3, 0.4) is 0 Å². The van der Waals surface area contributed by atoms with Gasteiger partial charge in [-0.2, -0.15) is 0 Å². The summed E-state index contributed by atoms with van der Waals surface area (Å²) in [6, 6.07) is 11.8. The molecule has 268 valence electrons. The lowest BCUT2D eigenvalue weighted by atomic mass is 10.1. The van der Waals surface area contributed by atoms with Gasteiger partial charge in [0.2, 0.25) is 23.6 Å². The van der Waals surface area contributed by atoms with Gasteiger partial charge in [-0.1, -0.05) is 36.2 Å². The van der Waals surface area contributed by atoms with E-state index in [9.17, 15) is 38.7 Å². The molecule has 2 aromatic carbocycles. The molecule has 5 N–H and O–H groups in total. The Hall–Kier alpha value is -4.89. The first-order valence-corrected chi connectivity index (χ1v) is 17.2. The first-order valence-electron chi connectivity index (χ1n) is 15.8. The number of nitrogens with one attached hydrogen (secondary N) is 4. The number of nitrogens with zero attached hydrogens (tertiary/aromatic N) is 1. The Morgan fingerprint density at radius 1 is 0.800 bits per heavy atom. The van der Waals surface area contributed by atoms with Crippen molar-refractivity contribution in [3.05, 3.63) is 64.3 Å². The van der Waals surface area contributed by atoms with Gasteiger partial charge >= 0.3 is 5.97 Å². The molecule has 0 atom stereocenters. The second kappa shape index (κ2) is 19.9. The molecule has 0 aliphatic carbocycles. The summed E-state index contributed by atoms with van der Waals surface area (Å²) in [5.74, 6) is -2.85. The van der Waals surface area contributed by atoms with E-state index in [-0.39, 0.29) is 48.7 Å². The molecule has 0 saturated heterocycles. The molecular weight excluding hydrogens is 690 g/mol. The van der Waals surface area contributed by atoms with Gasteiger partial charge < -0.3 is 31.1 Å². The number of benzene rings is 2. The molecule has 0 unspecified atom stereocenters. The van der Waals surface area contributed by atoms with E-state index in [1.54, 1.807) is 49.4 Å². The van der Waals surface area contributed by atoms with Gasteiger partial charge in [-0.15, -0.1) is 0 Å². The molecule has 0 radical (unpaired) electrons. The number of aliphatic carboxylic acids is 1. The molecule has 16 heteroatoms. The van der Waals surface area contributed by atoms with Crippen LogP contribution in [-0.4, -0.2) is 88.8 Å². The number of amides is 4. The minimum absolute atomic E-state index is 0.0990. The summed E-state index contributed by atoms with van der Waals surface area (Å²) in [5, 5.41) is 20.2. The summed E-state index contributed by atoms with van der Waals surface area (Å²) in [4.78, 5) is 83.0. The summed E-state index contributed by atoms with van der Waals surface area (Å²) in [6.07, 6.45) is 2.86. The van der Waals surface area contributed by atoms with Gasteiger partial charge in [0, 0.05) is 35.1 Å². The molecule has 50 heavy (non-hydrogen) atoms. The van der Waals surface area contributed by atoms with Crippen molar-refractivity contribution in [2.24, 2.45) is 0 Å². The molecule has 0 aliphatic heterocycles. The van der Waals surface area contributed by atoms with Gasteiger partial charge in [-0.3, -0.25) is 38.1 Å². The molecule has 0 fully saturated rings. The highest BCUT2D eigenvalue weighted by molar-refractivity contribution is 8.14. The molecular formula is C34H40ClN5O9S. The van der Waals surface area contributed by atoms with E-state index >= 15 is 0 Å². The lowest BCUT2D eigenvalue weighted by molar-refractivity contribution is -0.136. The fourth-order valence-corrected chi connectivity index (χ4v) is 5.41. The Balaban J connectivity index is 1.34. The van der Waals surface area contributed by atoms with E-state index in [4.69, 9.17) is 16.3 Å². The smallest absolute Gasteiger partial charge is 0.307 e. The Morgan fingerprint density at radius 2 is 1.40 bits per heavy atom. The third-order valence-corrected chi connectivity index (χ3v) is 8.40. The predicted molar refractivity (Wildman–Crippen MR) is 188 cm³/mol. The molecule has 1 aromatic heterocycles. The first kappa shape index (κ1) is 39.5. The lowest BCUT2D eigenvalue weighted by Gasteiger charge is -2.09. The van der Waals surface area contributed by atoms with Crippen molar-refractivity contribution in [2.75, 3.05) is 38.5 Å². The Bertz CT molecular complexity index is 1730. The van der Waals surface area contributed by atoms with E-state index in [1.165, 1.54) is 11.5 Å². The maximum atomic E-state index is 13.4. The van der Waals surface area contributed by atoms with Crippen LogP contribution in [0.2, 0.25) is 5.02 Å². The normalized spacial score (nSPS) is 10.7. The Kier molecular flexibility index (Phi) is 15.8. The van der Waals surface area contributed by atoms with Gasteiger partial charge in [0.05, 0.1) is 43.9 Å². The number of carbonyl (C=O) groups excluding carboxylic acids is 6. The molecule has 1 heterocycles. The van der Waals surface area contributed by atoms with E-state index < -0.39 is 23.7 Å². The molecule has 3 aromatic rings. The first-order chi connectivity index (χ1) is 23.8. The van der Waals surface area contributed by atoms with Crippen molar-refractivity contribution in [2.45, 2.75) is 46.0 Å². The average Bonchev–Trinajstić information content (AvgIpc) is 3.34. The number of rotatable bonds is 19. The van der Waals surface area contributed by atoms with Crippen LogP contribution in [0.15, 0.2) is 42.5 Å². The zero-order chi connectivity index (χ0) is 36.6. The van der Waals surface area contributed by atoms with Crippen LogP contribution >= 0.6 is 23.4 Å².